The third kappa shape index (κ3) is 5.16. The molecule has 182 valence electrons. The van der Waals surface area contributed by atoms with Crippen LogP contribution in [0, 0.1) is 0 Å². The molecule has 0 saturated carbocycles. The van der Waals surface area contributed by atoms with Gasteiger partial charge in [-0.2, -0.15) is 0 Å². The molecule has 0 spiro atoms. The van der Waals surface area contributed by atoms with Crippen molar-refractivity contribution in [3.05, 3.63) is 12.7 Å². The average Bonchev–Trinajstić information content (AvgIpc) is 3.21. The SMILES string of the molecule is [B][P@](=O)(OC[C@H]1O[C@@H](n2cnc3c(N)ncnc32)[C@H](O)[C@@H]1O)OP(=O)(O)C(Cl)(Cl)P(=O)(O)O. The van der Waals surface area contributed by atoms with Crippen molar-refractivity contribution in [1.29, 1.82) is 0 Å². The number of fused-ring (bicyclic) bond motifs is 1. The maximum absolute atomic E-state index is 12.3. The number of ether oxygens (including phenoxy) is 1. The maximum Gasteiger partial charge on any atom is 0.383 e. The van der Waals surface area contributed by atoms with E-state index in [1.54, 1.807) is 0 Å². The van der Waals surface area contributed by atoms with Gasteiger partial charge >= 0.3 is 19.0 Å². The average molecular weight is 568 g/mol. The molecule has 2 radical (unpaired) electrons. The Labute approximate surface area is 195 Å². The van der Waals surface area contributed by atoms with Gasteiger partial charge in [0, 0.05) is 0 Å². The van der Waals surface area contributed by atoms with E-state index < -0.39 is 57.6 Å². The van der Waals surface area contributed by atoms with Crippen molar-refractivity contribution < 1.29 is 52.2 Å². The molecule has 33 heavy (non-hydrogen) atoms. The molecule has 1 aliphatic rings. The zero-order chi connectivity index (χ0) is 25.0. The van der Waals surface area contributed by atoms with Crippen LogP contribution in [0.3, 0.4) is 0 Å². The Morgan fingerprint density at radius 1 is 1.18 bits per heavy atom. The number of nitrogens with zero attached hydrogens (tertiary/aromatic N) is 4. The van der Waals surface area contributed by atoms with E-state index in [-0.39, 0.29) is 17.0 Å². The van der Waals surface area contributed by atoms with Crippen LogP contribution in [0.4, 0.5) is 5.82 Å². The first-order valence-electron chi connectivity index (χ1n) is 8.44. The number of aromatic nitrogens is 4. The van der Waals surface area contributed by atoms with E-state index >= 15 is 0 Å². The van der Waals surface area contributed by atoms with Crippen LogP contribution in [0.15, 0.2) is 12.7 Å². The zero-order valence-corrected chi connectivity index (χ0v) is 20.1. The minimum atomic E-state index is -5.75. The molecule has 22 heteroatoms. The third-order valence-corrected chi connectivity index (χ3v) is 12.2. The predicted molar refractivity (Wildman–Crippen MR) is 112 cm³/mol. The number of alkyl halides is 2. The van der Waals surface area contributed by atoms with Gasteiger partial charge in [0.2, 0.25) is 7.57 Å². The van der Waals surface area contributed by atoms with E-state index in [2.05, 4.69) is 19.3 Å². The molecule has 6 atom stereocenters. The molecule has 1 saturated heterocycles. The summed E-state index contributed by atoms with van der Waals surface area (Å²) in [7, 11) is -11.3. The van der Waals surface area contributed by atoms with E-state index in [1.807, 2.05) is 0 Å². The second kappa shape index (κ2) is 9.10. The molecule has 0 aromatic carbocycles. The van der Waals surface area contributed by atoms with Gasteiger partial charge in [-0.05, 0) is 0 Å². The Morgan fingerprint density at radius 3 is 2.42 bits per heavy atom. The Morgan fingerprint density at radius 2 is 1.82 bits per heavy atom. The molecule has 3 rings (SSSR count). The summed E-state index contributed by atoms with van der Waals surface area (Å²) in [5.74, 6) is 0.0475. The first-order valence-corrected chi connectivity index (χ1v) is 14.0. The Kier molecular flexibility index (Phi) is 7.44. The molecular formula is C11H15BCl2N5O11P3. The topological polar surface area (TPSA) is 250 Å². The second-order valence-corrected chi connectivity index (χ2v) is 14.8. The van der Waals surface area contributed by atoms with Crippen molar-refractivity contribution in [1.82, 2.24) is 19.5 Å². The van der Waals surface area contributed by atoms with Crippen LogP contribution >= 0.6 is 45.9 Å². The summed E-state index contributed by atoms with van der Waals surface area (Å²) in [4.78, 5) is 39.4. The highest BCUT2D eigenvalue weighted by Gasteiger charge is 2.62. The van der Waals surface area contributed by atoms with Gasteiger partial charge in [-0.3, -0.25) is 18.3 Å². The van der Waals surface area contributed by atoms with E-state index in [4.69, 9.17) is 55.5 Å². The van der Waals surface area contributed by atoms with Crippen molar-refractivity contribution in [2.45, 2.75) is 28.4 Å². The Bertz CT molecular complexity index is 1200. The van der Waals surface area contributed by atoms with Gasteiger partial charge in [-0.1, -0.05) is 23.2 Å². The molecule has 1 fully saturated rings. The van der Waals surface area contributed by atoms with Crippen LogP contribution in [-0.2, 0) is 27.3 Å². The van der Waals surface area contributed by atoms with E-state index in [1.165, 1.54) is 10.9 Å². The van der Waals surface area contributed by atoms with Gasteiger partial charge in [-0.15, -0.1) is 0 Å². The monoisotopic (exact) mass is 567 g/mol. The van der Waals surface area contributed by atoms with Gasteiger partial charge in [0.15, 0.2) is 17.7 Å². The first kappa shape index (κ1) is 27.0. The summed E-state index contributed by atoms with van der Waals surface area (Å²) in [6.07, 6.45) is -3.58. The van der Waals surface area contributed by atoms with Crippen molar-refractivity contribution in [3.63, 3.8) is 0 Å². The predicted octanol–water partition coefficient (Wildman–Crippen LogP) is -0.211. The summed E-state index contributed by atoms with van der Waals surface area (Å²) in [5.41, 5.74) is 6.04. The number of hydrogen-bond donors (Lipinski definition) is 6. The fourth-order valence-corrected chi connectivity index (χ4v) is 7.09. The minimum absolute atomic E-state index is 0.0475. The lowest BCUT2D eigenvalue weighted by atomic mass is 10.1. The third-order valence-electron chi connectivity index (χ3n) is 4.33. The van der Waals surface area contributed by atoms with Crippen molar-refractivity contribution in [2.24, 2.45) is 0 Å². The van der Waals surface area contributed by atoms with Crippen LogP contribution in [0.25, 0.3) is 11.2 Å². The smallest absolute Gasteiger partial charge is 0.383 e. The molecule has 0 bridgehead atoms. The number of imidazole rings is 1. The van der Waals surface area contributed by atoms with Crippen LogP contribution < -0.4 is 5.73 Å². The number of halogens is 2. The van der Waals surface area contributed by atoms with Crippen LogP contribution in [0.5, 0.6) is 0 Å². The molecule has 3 heterocycles. The van der Waals surface area contributed by atoms with Crippen LogP contribution in [0.2, 0.25) is 0 Å². The van der Waals surface area contributed by atoms with Crippen molar-refractivity contribution >= 4 is 70.4 Å². The molecular weight excluding hydrogens is 553 g/mol. The molecule has 0 amide bonds. The van der Waals surface area contributed by atoms with E-state index in [9.17, 15) is 28.8 Å². The number of hydrogen-bond acceptors (Lipinski definition) is 12. The number of aliphatic hydroxyl groups excluding tert-OH is 2. The van der Waals surface area contributed by atoms with Crippen LogP contribution in [-0.4, -0.2) is 80.7 Å². The van der Waals surface area contributed by atoms with Crippen molar-refractivity contribution in [3.8, 4) is 0 Å². The second-order valence-electron chi connectivity index (χ2n) is 6.62. The summed E-state index contributed by atoms with van der Waals surface area (Å²) >= 11 is 10.4. The number of aliphatic hydroxyl groups is 2. The van der Waals surface area contributed by atoms with Gasteiger partial charge in [0.05, 0.1) is 12.9 Å². The highest BCUT2D eigenvalue weighted by Crippen LogP contribution is 2.79. The van der Waals surface area contributed by atoms with E-state index in [0.717, 1.165) is 6.33 Å². The fourth-order valence-electron chi connectivity index (χ4n) is 2.72. The number of rotatable bonds is 8. The number of nitrogen functional groups attached to an aromatic ring is 1. The molecule has 0 aliphatic carbocycles. The summed E-state index contributed by atoms with van der Waals surface area (Å²) in [5, 5.41) is 20.6. The van der Waals surface area contributed by atoms with Gasteiger partial charge in [-0.25, -0.2) is 19.3 Å². The largest absolute Gasteiger partial charge is 0.387 e. The Balaban J connectivity index is 1.72. The minimum Gasteiger partial charge on any atom is -0.387 e. The van der Waals surface area contributed by atoms with Gasteiger partial charge in [0.25, 0.3) is 7.47 Å². The molecule has 7 N–H and O–H groups in total. The first-order chi connectivity index (χ1) is 15.0. The standard InChI is InChI=1S/C11H15BCl2N5O11P3/c12-33(27,30-32(25,26)11(13,14)31(22,23)24)28-1-4-6(20)7(21)10(29-4)19-3-18-5-8(15)16-2-17-9(5)19/h2-4,6-7,10,20-21H,1H2,(H,25,26)(H2,15,16,17)(H2,22,23,24)/t4-,6-,7-,10-,33+/m1/s1. The molecule has 1 aliphatic heterocycles. The highest BCUT2D eigenvalue weighted by molar-refractivity contribution is 7.88. The van der Waals surface area contributed by atoms with Crippen molar-refractivity contribution in [2.75, 3.05) is 12.3 Å². The molecule has 1 unspecified atom stereocenters. The lowest BCUT2D eigenvalue weighted by Gasteiger charge is -2.28. The summed E-state index contributed by atoms with van der Waals surface area (Å²) in [6, 6.07) is 0. The number of nitrogens with two attached hydrogens (primary N) is 1. The maximum atomic E-state index is 12.3. The number of anilines is 1. The van der Waals surface area contributed by atoms with Crippen LogP contribution in [0.1, 0.15) is 6.23 Å². The van der Waals surface area contributed by atoms with Gasteiger partial charge < -0.3 is 39.9 Å². The normalized spacial score (nSPS) is 28.0. The molecule has 2 aromatic rings. The molecule has 2 aromatic heterocycles. The molecule has 16 nitrogen and oxygen atoms in total. The highest BCUT2D eigenvalue weighted by atomic mass is 35.5. The van der Waals surface area contributed by atoms with Gasteiger partial charge in [0.1, 0.15) is 30.2 Å². The summed E-state index contributed by atoms with van der Waals surface area (Å²) in [6.45, 7) is -0.875. The summed E-state index contributed by atoms with van der Waals surface area (Å²) < 4.78 is 47.4. The fraction of sp³-hybridized carbons (Fsp3) is 0.545. The lowest BCUT2D eigenvalue weighted by molar-refractivity contribution is -0.0478. The Hall–Kier alpha value is -0.635. The van der Waals surface area contributed by atoms with E-state index in [0.29, 0.717) is 0 Å². The lowest BCUT2D eigenvalue weighted by Crippen LogP contribution is -2.33. The quantitative estimate of drug-likeness (QED) is 0.137. The zero-order valence-electron chi connectivity index (χ0n) is 15.9.